The van der Waals surface area contributed by atoms with Crippen LogP contribution in [0.3, 0.4) is 0 Å². The zero-order chi connectivity index (χ0) is 23.5. The van der Waals surface area contributed by atoms with E-state index in [0.717, 1.165) is 64.3 Å². The highest BCUT2D eigenvalue weighted by atomic mass is 32.1. The van der Waals surface area contributed by atoms with Crippen LogP contribution >= 0.6 is 11.3 Å². The van der Waals surface area contributed by atoms with Crippen LogP contribution in [0.25, 0.3) is 16.0 Å². The maximum absolute atomic E-state index is 12.5. The maximum Gasteiger partial charge on any atom is 0.317 e. The molecule has 1 unspecified atom stereocenters. The van der Waals surface area contributed by atoms with E-state index in [-0.39, 0.29) is 12.1 Å². The van der Waals surface area contributed by atoms with Crippen molar-refractivity contribution in [1.29, 1.82) is 0 Å². The van der Waals surface area contributed by atoms with Crippen LogP contribution in [0.4, 0.5) is 4.79 Å². The molecule has 1 saturated heterocycles. The van der Waals surface area contributed by atoms with Crippen LogP contribution in [0.2, 0.25) is 0 Å². The van der Waals surface area contributed by atoms with Crippen molar-refractivity contribution in [1.82, 2.24) is 20.1 Å². The zero-order valence-corrected chi connectivity index (χ0v) is 21.0. The van der Waals surface area contributed by atoms with Crippen LogP contribution in [0.5, 0.6) is 0 Å². The van der Waals surface area contributed by atoms with Crippen LogP contribution < -0.4 is 5.32 Å². The van der Waals surface area contributed by atoms with Gasteiger partial charge in [-0.2, -0.15) is 0 Å². The summed E-state index contributed by atoms with van der Waals surface area (Å²) in [6.45, 7) is 10.2. The number of fused-ring (bicyclic) bond motifs is 1. The number of nitrogens with one attached hydrogen (secondary N) is 1. The van der Waals surface area contributed by atoms with Crippen molar-refractivity contribution >= 4 is 22.9 Å². The molecule has 6 nitrogen and oxygen atoms in total. The van der Waals surface area contributed by atoms with Gasteiger partial charge in [-0.1, -0.05) is 19.1 Å². The van der Waals surface area contributed by atoms with Crippen molar-refractivity contribution in [2.45, 2.75) is 45.7 Å². The summed E-state index contributed by atoms with van der Waals surface area (Å²) in [5, 5.41) is 3.08. The van der Waals surface area contributed by atoms with Crippen molar-refractivity contribution in [2.75, 3.05) is 39.4 Å². The van der Waals surface area contributed by atoms with E-state index in [1.807, 2.05) is 29.4 Å². The third kappa shape index (κ3) is 5.11. The number of hydrogen-bond donors (Lipinski definition) is 1. The molecule has 4 heterocycles. The van der Waals surface area contributed by atoms with Crippen LogP contribution in [0.1, 0.15) is 42.8 Å². The van der Waals surface area contributed by atoms with Gasteiger partial charge in [-0.05, 0) is 49.1 Å². The number of morpholine rings is 1. The standard InChI is InChI=1S/C27H34N4O2S/c1-3-19(2)29-27(32)31-10-8-20(9-11-31)23-5-6-25-24(23)16-21(17-28-25)26-7-4-22(34-26)18-30-12-14-33-15-13-30/h4-5,7-8,16-17,19H,3,6,9-15,18H2,1-2H3,(H,29,32). The number of amides is 2. The lowest BCUT2D eigenvalue weighted by atomic mass is 9.95. The molecular formula is C27H34N4O2S. The number of aromatic nitrogens is 1. The topological polar surface area (TPSA) is 57.7 Å². The quantitative estimate of drug-likeness (QED) is 0.653. The van der Waals surface area contributed by atoms with Gasteiger partial charge in [-0.25, -0.2) is 4.79 Å². The largest absolute Gasteiger partial charge is 0.379 e. The van der Waals surface area contributed by atoms with Crippen LogP contribution in [0, 0.1) is 0 Å². The van der Waals surface area contributed by atoms with E-state index in [0.29, 0.717) is 6.54 Å². The number of pyridine rings is 1. The van der Waals surface area contributed by atoms with Crippen molar-refractivity contribution < 1.29 is 9.53 Å². The third-order valence-corrected chi connectivity index (χ3v) is 8.13. The summed E-state index contributed by atoms with van der Waals surface area (Å²) in [5.41, 5.74) is 6.24. The first-order valence-electron chi connectivity index (χ1n) is 12.4. The number of hydrogen-bond acceptors (Lipinski definition) is 5. The Morgan fingerprint density at radius 1 is 1.24 bits per heavy atom. The predicted octanol–water partition coefficient (Wildman–Crippen LogP) is 4.72. The zero-order valence-electron chi connectivity index (χ0n) is 20.2. The Kier molecular flexibility index (Phi) is 7.13. The highest BCUT2D eigenvalue weighted by Gasteiger charge is 2.24. The monoisotopic (exact) mass is 478 g/mol. The van der Waals surface area contributed by atoms with Crippen molar-refractivity contribution in [3.63, 3.8) is 0 Å². The molecule has 1 N–H and O–H groups in total. The first-order valence-corrected chi connectivity index (χ1v) is 13.3. The minimum Gasteiger partial charge on any atom is -0.379 e. The second kappa shape index (κ2) is 10.4. The van der Waals surface area contributed by atoms with Crippen LogP contribution in [0.15, 0.2) is 42.1 Å². The molecule has 1 atom stereocenters. The Labute approximate surface area is 206 Å². The Morgan fingerprint density at radius 2 is 2.09 bits per heavy atom. The van der Waals surface area contributed by atoms with Gasteiger partial charge >= 0.3 is 6.03 Å². The van der Waals surface area contributed by atoms with E-state index in [2.05, 4.69) is 47.5 Å². The number of ether oxygens (including phenoxy) is 1. The summed E-state index contributed by atoms with van der Waals surface area (Å²) in [5.74, 6) is 0. The fourth-order valence-corrected chi connectivity index (χ4v) is 5.77. The second-order valence-electron chi connectivity index (χ2n) is 9.38. The van der Waals surface area contributed by atoms with Gasteiger partial charge in [0.15, 0.2) is 0 Å². The molecule has 0 radical (unpaired) electrons. The third-order valence-electron chi connectivity index (χ3n) is 7.01. The molecule has 2 aromatic rings. The number of urea groups is 1. The summed E-state index contributed by atoms with van der Waals surface area (Å²) in [6, 6.07) is 7.05. The maximum atomic E-state index is 12.5. The van der Waals surface area contributed by atoms with E-state index in [1.165, 1.54) is 32.0 Å². The highest BCUT2D eigenvalue weighted by molar-refractivity contribution is 7.15. The average Bonchev–Trinajstić information content (AvgIpc) is 3.51. The molecule has 0 bridgehead atoms. The van der Waals surface area contributed by atoms with Crippen molar-refractivity contribution in [3.05, 3.63) is 58.3 Å². The molecule has 180 valence electrons. The summed E-state index contributed by atoms with van der Waals surface area (Å²) in [7, 11) is 0. The first-order chi connectivity index (χ1) is 16.6. The van der Waals surface area contributed by atoms with E-state index in [9.17, 15) is 4.79 Å². The van der Waals surface area contributed by atoms with E-state index in [4.69, 9.17) is 9.72 Å². The summed E-state index contributed by atoms with van der Waals surface area (Å²) in [6.07, 6.45) is 9.26. The van der Waals surface area contributed by atoms with Gasteiger partial charge in [0.1, 0.15) is 0 Å². The molecule has 0 saturated carbocycles. The molecule has 3 aliphatic rings. The van der Waals surface area contributed by atoms with Gasteiger partial charge in [0.2, 0.25) is 0 Å². The van der Waals surface area contributed by atoms with Gasteiger partial charge in [-0.15, -0.1) is 11.3 Å². The number of thiophene rings is 1. The first kappa shape index (κ1) is 23.3. The smallest absolute Gasteiger partial charge is 0.317 e. The Morgan fingerprint density at radius 3 is 2.85 bits per heavy atom. The molecule has 1 fully saturated rings. The van der Waals surface area contributed by atoms with Gasteiger partial charge < -0.3 is 15.0 Å². The normalized spacial score (nSPS) is 19.4. The number of carbonyl (C=O) groups excluding carboxylic acids is 1. The van der Waals surface area contributed by atoms with Crippen molar-refractivity contribution in [3.8, 4) is 10.4 Å². The molecule has 5 rings (SSSR count). The average molecular weight is 479 g/mol. The van der Waals surface area contributed by atoms with Crippen molar-refractivity contribution in [2.24, 2.45) is 0 Å². The molecule has 0 spiro atoms. The lowest BCUT2D eigenvalue weighted by Crippen LogP contribution is -2.45. The number of carbonyl (C=O) groups is 1. The summed E-state index contributed by atoms with van der Waals surface area (Å²) >= 11 is 1.86. The summed E-state index contributed by atoms with van der Waals surface area (Å²) in [4.78, 5) is 24.3. The Balaban J connectivity index is 1.27. The second-order valence-corrected chi connectivity index (χ2v) is 10.5. The van der Waals surface area contributed by atoms with Gasteiger partial charge in [-0.3, -0.25) is 9.88 Å². The lowest BCUT2D eigenvalue weighted by molar-refractivity contribution is 0.0346. The highest BCUT2D eigenvalue weighted by Crippen LogP contribution is 2.38. The van der Waals surface area contributed by atoms with Gasteiger partial charge in [0.05, 0.1) is 18.9 Å². The molecule has 2 aromatic heterocycles. The predicted molar refractivity (Wildman–Crippen MR) is 138 cm³/mol. The van der Waals surface area contributed by atoms with E-state index < -0.39 is 0 Å². The molecule has 2 aliphatic heterocycles. The van der Waals surface area contributed by atoms with Crippen LogP contribution in [-0.4, -0.2) is 66.2 Å². The molecule has 1 aliphatic carbocycles. The minimum absolute atomic E-state index is 0.0417. The summed E-state index contributed by atoms with van der Waals surface area (Å²) < 4.78 is 5.47. The Hall–Kier alpha value is -2.48. The lowest BCUT2D eigenvalue weighted by Gasteiger charge is -2.28. The molecule has 0 aromatic carbocycles. The number of nitrogens with zero attached hydrogens (tertiary/aromatic N) is 3. The fourth-order valence-electron chi connectivity index (χ4n) is 4.74. The Bertz CT molecular complexity index is 1100. The van der Waals surface area contributed by atoms with E-state index in [1.54, 1.807) is 0 Å². The number of rotatable bonds is 6. The number of allylic oxidation sites excluding steroid dienone is 2. The molecular weight excluding hydrogens is 444 g/mol. The molecule has 2 amide bonds. The fraction of sp³-hybridized carbons (Fsp3) is 0.481. The SMILES string of the molecule is CCC(C)NC(=O)N1CC=C(C2=CCc3ncc(-c4ccc(CN5CCOCC5)s4)cc32)CC1. The molecule has 34 heavy (non-hydrogen) atoms. The molecule has 7 heteroatoms. The van der Waals surface area contributed by atoms with E-state index >= 15 is 0 Å². The van der Waals surface area contributed by atoms with Crippen LogP contribution in [-0.2, 0) is 17.7 Å². The van der Waals surface area contributed by atoms with Gasteiger partial charge in [0, 0.05) is 72.3 Å². The van der Waals surface area contributed by atoms with Gasteiger partial charge in [0.25, 0.3) is 0 Å². The minimum atomic E-state index is 0.0417.